The van der Waals surface area contributed by atoms with Gasteiger partial charge in [-0.05, 0) is 48.3 Å². The number of hydrogen-bond donors (Lipinski definition) is 4. The highest BCUT2D eigenvalue weighted by Crippen LogP contribution is 2.33. The van der Waals surface area contributed by atoms with E-state index in [2.05, 4.69) is 16.0 Å². The minimum Gasteiger partial charge on any atom is -0.363 e. The molecule has 1 unspecified atom stereocenters. The highest BCUT2D eigenvalue weighted by atomic mass is 16.2. The van der Waals surface area contributed by atoms with Crippen molar-refractivity contribution in [2.24, 2.45) is 28.4 Å². The third kappa shape index (κ3) is 8.50. The zero-order valence-electron chi connectivity index (χ0n) is 27.7. The van der Waals surface area contributed by atoms with Crippen molar-refractivity contribution in [1.29, 1.82) is 0 Å². The van der Waals surface area contributed by atoms with Crippen LogP contribution in [0.15, 0.2) is 0 Å². The summed E-state index contributed by atoms with van der Waals surface area (Å²) < 4.78 is 0. The summed E-state index contributed by atoms with van der Waals surface area (Å²) in [5.41, 5.74) is 4.01. The Balaban J connectivity index is 1.80. The lowest BCUT2D eigenvalue weighted by Gasteiger charge is -2.38. The van der Waals surface area contributed by atoms with E-state index in [-0.39, 0.29) is 17.7 Å². The van der Waals surface area contributed by atoms with Crippen molar-refractivity contribution in [3.63, 3.8) is 0 Å². The molecule has 6 amide bonds. The highest BCUT2D eigenvalue weighted by Gasteiger charge is 2.47. The molecule has 44 heavy (non-hydrogen) atoms. The molecule has 12 nitrogen and oxygen atoms in total. The molecular formula is C32H54N6O6. The molecule has 5 N–H and O–H groups in total. The van der Waals surface area contributed by atoms with E-state index in [9.17, 15) is 28.8 Å². The Morgan fingerprint density at radius 3 is 1.77 bits per heavy atom. The second-order valence-electron chi connectivity index (χ2n) is 15.0. The van der Waals surface area contributed by atoms with Crippen LogP contribution in [0.2, 0.25) is 0 Å². The smallest absolute Gasteiger partial charge is 0.316 e. The van der Waals surface area contributed by atoms with Gasteiger partial charge in [0, 0.05) is 19.6 Å². The highest BCUT2D eigenvalue weighted by molar-refractivity contribution is 6.37. The zero-order valence-corrected chi connectivity index (χ0v) is 27.7. The summed E-state index contributed by atoms with van der Waals surface area (Å²) in [5, 5.41) is 8.44. The van der Waals surface area contributed by atoms with Gasteiger partial charge in [-0.3, -0.25) is 24.0 Å². The van der Waals surface area contributed by atoms with Gasteiger partial charge < -0.3 is 31.5 Å². The van der Waals surface area contributed by atoms with Crippen LogP contribution in [0.25, 0.3) is 0 Å². The number of nitrogens with zero attached hydrogens (tertiary/aromatic N) is 2. The summed E-state index contributed by atoms with van der Waals surface area (Å²) in [4.78, 5) is 82.3. The van der Waals surface area contributed by atoms with E-state index in [1.54, 1.807) is 4.90 Å². The Kier molecular flexibility index (Phi) is 11.5. The fourth-order valence-corrected chi connectivity index (χ4v) is 6.50. The largest absolute Gasteiger partial charge is 0.363 e. The number of nitrogens with one attached hydrogen (secondary N) is 3. The zero-order chi connectivity index (χ0) is 33.0. The summed E-state index contributed by atoms with van der Waals surface area (Å²) >= 11 is 0. The molecule has 0 aromatic rings. The summed E-state index contributed by atoms with van der Waals surface area (Å²) in [7, 11) is 0. The van der Waals surface area contributed by atoms with Crippen LogP contribution in [0, 0.1) is 22.7 Å². The number of Topliss-reactive ketones (excluding diaryl/α,β-unsaturated/α-hetero) is 1. The number of rotatable bonds is 11. The molecule has 3 aliphatic rings. The number of urea groups is 1. The average molecular weight is 619 g/mol. The van der Waals surface area contributed by atoms with Crippen LogP contribution in [-0.2, 0) is 24.0 Å². The molecule has 0 aromatic heterocycles. The molecule has 5 atom stereocenters. The van der Waals surface area contributed by atoms with Crippen molar-refractivity contribution >= 4 is 35.4 Å². The third-order valence-electron chi connectivity index (χ3n) is 9.46. The van der Waals surface area contributed by atoms with Crippen molar-refractivity contribution in [3.05, 3.63) is 0 Å². The molecule has 12 heteroatoms. The minimum absolute atomic E-state index is 0.146. The number of carbonyl (C=O) groups is 6. The predicted molar refractivity (Wildman–Crippen MR) is 166 cm³/mol. The Hall–Kier alpha value is -3.18. The molecule has 3 fully saturated rings. The number of nitrogens with two attached hydrogens (primary N) is 1. The Bertz CT molecular complexity index is 1100. The van der Waals surface area contributed by atoms with Gasteiger partial charge in [-0.15, -0.1) is 0 Å². The van der Waals surface area contributed by atoms with Gasteiger partial charge in [0.25, 0.3) is 5.91 Å². The van der Waals surface area contributed by atoms with Gasteiger partial charge in [0.2, 0.25) is 23.5 Å². The maximum absolute atomic E-state index is 14.2. The normalized spacial score (nSPS) is 22.9. The Morgan fingerprint density at radius 2 is 1.32 bits per heavy atom. The van der Waals surface area contributed by atoms with Crippen LogP contribution in [0.5, 0.6) is 0 Å². The molecule has 1 saturated carbocycles. The predicted octanol–water partition coefficient (Wildman–Crippen LogP) is 2.09. The standard InChI is InChI=1S/C32H54N6O6/c1-8-20-14-17-38(22(20)27(41)34-21(23(39)26(33)40)18-19-12-11-13-19)29(43)25(32(5,6)7)36-30(44)35-24(31(2,3)4)28(42)37-15-9-10-16-37/h19-22,24-25H,8-18H2,1-7H3,(H2,33,40)(H,34,41)(H2,35,36,44)/t20-,21?,22-,24+,25+/m0/s1. The van der Waals surface area contributed by atoms with E-state index in [1.165, 1.54) is 4.90 Å². The molecule has 0 aromatic carbocycles. The van der Waals surface area contributed by atoms with Gasteiger partial charge in [0.15, 0.2) is 0 Å². The maximum atomic E-state index is 14.2. The first-order valence-electron chi connectivity index (χ1n) is 16.3. The van der Waals surface area contributed by atoms with Crippen molar-refractivity contribution in [2.45, 2.75) is 124 Å². The van der Waals surface area contributed by atoms with Crippen LogP contribution in [0.1, 0.15) is 99.8 Å². The number of ketones is 1. The summed E-state index contributed by atoms with van der Waals surface area (Å²) in [6.07, 6.45) is 6.28. The minimum atomic E-state index is -1.10. The lowest BCUT2D eigenvalue weighted by Crippen LogP contribution is -2.63. The van der Waals surface area contributed by atoms with Gasteiger partial charge >= 0.3 is 6.03 Å². The molecular weight excluding hydrogens is 564 g/mol. The van der Waals surface area contributed by atoms with Gasteiger partial charge in [-0.1, -0.05) is 74.1 Å². The maximum Gasteiger partial charge on any atom is 0.316 e. The number of hydrogen-bond acceptors (Lipinski definition) is 6. The fourth-order valence-electron chi connectivity index (χ4n) is 6.50. The summed E-state index contributed by atoms with van der Waals surface area (Å²) in [5.74, 6) is -2.93. The number of primary amides is 1. The lowest BCUT2D eigenvalue weighted by molar-refractivity contribution is -0.144. The third-order valence-corrected chi connectivity index (χ3v) is 9.46. The van der Waals surface area contributed by atoms with Crippen molar-refractivity contribution in [1.82, 2.24) is 25.8 Å². The van der Waals surface area contributed by atoms with Crippen LogP contribution >= 0.6 is 0 Å². The molecule has 2 heterocycles. The SMILES string of the molecule is CC[C@H]1CCN(C(=O)[C@@H](NC(=O)N[C@H](C(=O)N2CCCC2)C(C)(C)C)C(C)(C)C)[C@@H]1C(=O)NC(CC1CCC1)C(=O)C(N)=O. The molecule has 0 radical (unpaired) electrons. The first kappa shape index (κ1) is 35.3. The number of likely N-dealkylation sites (tertiary alicyclic amines) is 2. The van der Waals surface area contributed by atoms with Gasteiger partial charge in [0.1, 0.15) is 18.1 Å². The van der Waals surface area contributed by atoms with Gasteiger partial charge in [-0.2, -0.15) is 0 Å². The van der Waals surface area contributed by atoms with Crippen LogP contribution in [0.4, 0.5) is 4.79 Å². The second-order valence-corrected chi connectivity index (χ2v) is 15.0. The first-order chi connectivity index (χ1) is 20.4. The summed E-state index contributed by atoms with van der Waals surface area (Å²) in [6, 6.07) is -4.34. The van der Waals surface area contributed by atoms with E-state index in [0.717, 1.165) is 32.1 Å². The van der Waals surface area contributed by atoms with E-state index < -0.39 is 64.5 Å². The Morgan fingerprint density at radius 1 is 0.773 bits per heavy atom. The fraction of sp³-hybridized carbons (Fsp3) is 0.812. The lowest BCUT2D eigenvalue weighted by atomic mass is 9.80. The average Bonchev–Trinajstić information content (AvgIpc) is 3.59. The molecule has 0 spiro atoms. The van der Waals surface area contributed by atoms with E-state index in [1.807, 2.05) is 48.5 Å². The van der Waals surface area contributed by atoms with E-state index >= 15 is 0 Å². The first-order valence-corrected chi connectivity index (χ1v) is 16.3. The molecule has 3 rings (SSSR count). The molecule has 2 aliphatic heterocycles. The summed E-state index contributed by atoms with van der Waals surface area (Å²) in [6.45, 7) is 14.7. The molecule has 0 bridgehead atoms. The van der Waals surface area contributed by atoms with Gasteiger partial charge in [0.05, 0.1) is 6.04 Å². The molecule has 2 saturated heterocycles. The quantitative estimate of drug-likeness (QED) is 0.258. The van der Waals surface area contributed by atoms with E-state index in [4.69, 9.17) is 5.73 Å². The number of carbonyl (C=O) groups excluding carboxylic acids is 6. The van der Waals surface area contributed by atoms with Crippen LogP contribution in [0.3, 0.4) is 0 Å². The monoisotopic (exact) mass is 618 g/mol. The van der Waals surface area contributed by atoms with Crippen molar-refractivity contribution in [2.75, 3.05) is 19.6 Å². The van der Waals surface area contributed by atoms with Crippen molar-refractivity contribution in [3.8, 4) is 0 Å². The van der Waals surface area contributed by atoms with E-state index in [0.29, 0.717) is 38.9 Å². The topological polar surface area (TPSA) is 171 Å². The number of amides is 6. The Labute approximate surface area is 262 Å². The molecule has 1 aliphatic carbocycles. The second kappa shape index (κ2) is 14.3. The van der Waals surface area contributed by atoms with Crippen molar-refractivity contribution < 1.29 is 28.8 Å². The van der Waals surface area contributed by atoms with Crippen LogP contribution in [-0.4, -0.2) is 89.0 Å². The van der Waals surface area contributed by atoms with Gasteiger partial charge in [-0.25, -0.2) is 4.79 Å². The molecule has 248 valence electrons. The van der Waals surface area contributed by atoms with Crippen LogP contribution < -0.4 is 21.7 Å².